The van der Waals surface area contributed by atoms with Gasteiger partial charge in [0.15, 0.2) is 0 Å². The van der Waals surface area contributed by atoms with Crippen molar-refractivity contribution in [1.29, 1.82) is 0 Å². The number of benzene rings is 1. The quantitative estimate of drug-likeness (QED) is 0.767. The van der Waals surface area contributed by atoms with Crippen LogP contribution in [0.2, 0.25) is 0 Å². The van der Waals surface area contributed by atoms with Crippen LogP contribution < -0.4 is 5.32 Å². The lowest BCUT2D eigenvalue weighted by Crippen LogP contribution is -2.54. The molecule has 114 valence electrons. The van der Waals surface area contributed by atoms with Gasteiger partial charge < -0.3 is 5.32 Å². The molecule has 0 spiro atoms. The van der Waals surface area contributed by atoms with Crippen molar-refractivity contribution in [3.05, 3.63) is 35.4 Å². The van der Waals surface area contributed by atoms with E-state index in [1.807, 2.05) is 0 Å². The number of hydrogen-bond acceptors (Lipinski definition) is 2. The highest BCUT2D eigenvalue weighted by Crippen LogP contribution is 2.34. The van der Waals surface area contributed by atoms with Crippen LogP contribution in [-0.2, 0) is 0 Å². The molecule has 2 nitrogen and oxygen atoms in total. The first kappa shape index (κ1) is 17.2. The van der Waals surface area contributed by atoms with Gasteiger partial charge in [-0.2, -0.15) is 0 Å². The van der Waals surface area contributed by atoms with Crippen LogP contribution in [0, 0.1) is 6.92 Å². The summed E-state index contributed by atoms with van der Waals surface area (Å²) in [6, 6.07) is 9.37. The highest BCUT2D eigenvalue weighted by atomic mass is 15.2. The van der Waals surface area contributed by atoms with E-state index in [4.69, 9.17) is 0 Å². The fraction of sp³-hybridized carbons (Fsp3) is 0.667. The maximum atomic E-state index is 3.72. The predicted molar refractivity (Wildman–Crippen MR) is 89.2 cm³/mol. The molecule has 0 aliphatic heterocycles. The monoisotopic (exact) mass is 276 g/mol. The Morgan fingerprint density at radius 2 is 1.60 bits per heavy atom. The van der Waals surface area contributed by atoms with Gasteiger partial charge in [-0.15, -0.1) is 0 Å². The second-order valence-corrected chi connectivity index (χ2v) is 5.78. The lowest BCUT2D eigenvalue weighted by molar-refractivity contribution is 0.0704. The molecule has 1 aromatic rings. The highest BCUT2D eigenvalue weighted by Gasteiger charge is 2.37. The molecule has 0 saturated carbocycles. The third-order valence-electron chi connectivity index (χ3n) is 4.64. The Hall–Kier alpha value is -0.860. The SMILES string of the molecule is CCNC(c1ccc(C)cc1)C(C)(CC)N(CC)CC. The Bertz CT molecular complexity index is 381. The van der Waals surface area contributed by atoms with Gasteiger partial charge in [-0.05, 0) is 45.5 Å². The third-order valence-corrected chi connectivity index (χ3v) is 4.64. The first-order valence-corrected chi connectivity index (χ1v) is 8.08. The van der Waals surface area contributed by atoms with E-state index in [0.29, 0.717) is 6.04 Å². The minimum absolute atomic E-state index is 0.148. The second kappa shape index (κ2) is 7.80. The number of likely N-dealkylation sites (N-methyl/N-ethyl adjacent to an activating group) is 2. The molecule has 0 bridgehead atoms. The van der Waals surface area contributed by atoms with Crippen LogP contribution in [0.1, 0.15) is 58.2 Å². The molecular weight excluding hydrogens is 244 g/mol. The van der Waals surface area contributed by atoms with E-state index in [1.54, 1.807) is 0 Å². The summed E-state index contributed by atoms with van der Waals surface area (Å²) in [5, 5.41) is 3.72. The van der Waals surface area contributed by atoms with Crippen molar-refractivity contribution < 1.29 is 0 Å². The zero-order valence-corrected chi connectivity index (χ0v) is 14.2. The maximum Gasteiger partial charge on any atom is 0.0504 e. The Balaban J connectivity index is 3.18. The number of aryl methyl sites for hydroxylation is 1. The molecule has 1 rings (SSSR count). The van der Waals surface area contributed by atoms with Gasteiger partial charge in [0.25, 0.3) is 0 Å². The third kappa shape index (κ3) is 3.62. The van der Waals surface area contributed by atoms with E-state index in [9.17, 15) is 0 Å². The summed E-state index contributed by atoms with van der Waals surface area (Å²) in [6.07, 6.45) is 1.14. The van der Waals surface area contributed by atoms with Crippen LogP contribution in [0.5, 0.6) is 0 Å². The van der Waals surface area contributed by atoms with Gasteiger partial charge in [-0.1, -0.05) is 57.5 Å². The van der Waals surface area contributed by atoms with Gasteiger partial charge in [-0.3, -0.25) is 4.90 Å². The predicted octanol–water partition coefficient (Wildman–Crippen LogP) is 4.16. The topological polar surface area (TPSA) is 15.3 Å². The largest absolute Gasteiger partial charge is 0.309 e. The summed E-state index contributed by atoms with van der Waals surface area (Å²) in [7, 11) is 0. The van der Waals surface area contributed by atoms with Crippen molar-refractivity contribution in [2.24, 2.45) is 0 Å². The number of rotatable bonds is 8. The van der Waals surface area contributed by atoms with Crippen LogP contribution in [0.25, 0.3) is 0 Å². The van der Waals surface area contributed by atoms with Crippen molar-refractivity contribution in [3.8, 4) is 0 Å². The Morgan fingerprint density at radius 3 is 2.00 bits per heavy atom. The molecule has 2 atom stereocenters. The summed E-state index contributed by atoms with van der Waals surface area (Å²) in [5.41, 5.74) is 2.87. The van der Waals surface area contributed by atoms with Crippen LogP contribution in [0.3, 0.4) is 0 Å². The van der Waals surface area contributed by atoms with Gasteiger partial charge in [-0.25, -0.2) is 0 Å². The van der Waals surface area contributed by atoms with E-state index in [1.165, 1.54) is 11.1 Å². The van der Waals surface area contributed by atoms with Crippen LogP contribution in [0.15, 0.2) is 24.3 Å². The minimum Gasteiger partial charge on any atom is -0.309 e. The summed E-state index contributed by atoms with van der Waals surface area (Å²) in [5.74, 6) is 0. The molecule has 2 heteroatoms. The average molecular weight is 276 g/mol. The molecule has 0 saturated heterocycles. The Labute approximate surface area is 125 Å². The van der Waals surface area contributed by atoms with E-state index >= 15 is 0 Å². The van der Waals surface area contributed by atoms with E-state index in [-0.39, 0.29) is 5.54 Å². The van der Waals surface area contributed by atoms with E-state index in [2.05, 4.69) is 76.0 Å². The zero-order chi connectivity index (χ0) is 15.2. The number of nitrogens with zero attached hydrogens (tertiary/aromatic N) is 1. The first-order chi connectivity index (χ1) is 9.53. The zero-order valence-electron chi connectivity index (χ0n) is 14.2. The minimum atomic E-state index is 0.148. The van der Waals surface area contributed by atoms with Gasteiger partial charge in [0, 0.05) is 5.54 Å². The van der Waals surface area contributed by atoms with Gasteiger partial charge in [0.05, 0.1) is 6.04 Å². The lowest BCUT2D eigenvalue weighted by atomic mass is 9.82. The van der Waals surface area contributed by atoms with Crippen molar-refractivity contribution >= 4 is 0 Å². The molecule has 0 aromatic heterocycles. The fourth-order valence-electron chi connectivity index (χ4n) is 3.22. The van der Waals surface area contributed by atoms with Gasteiger partial charge >= 0.3 is 0 Å². The molecular formula is C18H32N2. The molecule has 0 amide bonds. The summed E-state index contributed by atoms with van der Waals surface area (Å²) < 4.78 is 0. The summed E-state index contributed by atoms with van der Waals surface area (Å²) in [6.45, 7) is 16.7. The van der Waals surface area contributed by atoms with Crippen LogP contribution >= 0.6 is 0 Å². The molecule has 2 unspecified atom stereocenters. The molecule has 1 aromatic carbocycles. The number of nitrogens with one attached hydrogen (secondary N) is 1. The van der Waals surface area contributed by atoms with E-state index in [0.717, 1.165) is 26.1 Å². The molecule has 20 heavy (non-hydrogen) atoms. The van der Waals surface area contributed by atoms with Crippen LogP contribution in [-0.4, -0.2) is 30.1 Å². The van der Waals surface area contributed by atoms with Gasteiger partial charge in [0.2, 0.25) is 0 Å². The van der Waals surface area contributed by atoms with Gasteiger partial charge in [0.1, 0.15) is 0 Å². The lowest BCUT2D eigenvalue weighted by Gasteiger charge is -2.46. The van der Waals surface area contributed by atoms with Crippen molar-refractivity contribution in [2.45, 2.75) is 59.5 Å². The molecule has 0 heterocycles. The second-order valence-electron chi connectivity index (χ2n) is 5.78. The molecule has 0 aliphatic rings. The normalized spacial score (nSPS) is 16.1. The average Bonchev–Trinajstić information content (AvgIpc) is 2.47. The number of hydrogen-bond donors (Lipinski definition) is 1. The maximum absolute atomic E-state index is 3.72. The standard InChI is InChI=1S/C18H32N2/c1-7-18(6,20(9-3)10-4)17(19-8-2)16-13-11-15(5)12-14-16/h11-14,17,19H,7-10H2,1-6H3. The van der Waals surface area contributed by atoms with E-state index < -0.39 is 0 Å². The summed E-state index contributed by atoms with van der Waals surface area (Å²) >= 11 is 0. The first-order valence-electron chi connectivity index (χ1n) is 8.08. The van der Waals surface area contributed by atoms with Crippen molar-refractivity contribution in [3.63, 3.8) is 0 Å². The molecule has 0 fully saturated rings. The van der Waals surface area contributed by atoms with Crippen LogP contribution in [0.4, 0.5) is 0 Å². The molecule has 0 radical (unpaired) electrons. The molecule has 0 aliphatic carbocycles. The fourth-order valence-corrected chi connectivity index (χ4v) is 3.22. The Kier molecular flexibility index (Phi) is 6.70. The summed E-state index contributed by atoms with van der Waals surface area (Å²) in [4.78, 5) is 2.58. The highest BCUT2D eigenvalue weighted by molar-refractivity contribution is 5.27. The smallest absolute Gasteiger partial charge is 0.0504 e. The van der Waals surface area contributed by atoms with Crippen molar-refractivity contribution in [1.82, 2.24) is 10.2 Å². The Morgan fingerprint density at radius 1 is 1.05 bits per heavy atom. The molecule has 1 N–H and O–H groups in total. The van der Waals surface area contributed by atoms with Crippen molar-refractivity contribution in [2.75, 3.05) is 19.6 Å².